The molecule has 3 rings (SSSR count). The van der Waals surface area contributed by atoms with Crippen molar-refractivity contribution in [3.05, 3.63) is 64.5 Å². The molecule has 1 aliphatic rings. The Balaban J connectivity index is 1.48. The fourth-order valence-electron chi connectivity index (χ4n) is 3.07. The number of rotatable bonds is 7. The van der Waals surface area contributed by atoms with Crippen LogP contribution in [0.5, 0.6) is 0 Å². The highest BCUT2D eigenvalue weighted by Crippen LogP contribution is 2.18. The summed E-state index contributed by atoms with van der Waals surface area (Å²) in [6, 6.07) is 11.3. The van der Waals surface area contributed by atoms with Gasteiger partial charge in [-0.3, -0.25) is 15.0 Å². The van der Waals surface area contributed by atoms with Crippen LogP contribution >= 0.6 is 0 Å². The van der Waals surface area contributed by atoms with Crippen LogP contribution in [0.1, 0.15) is 0 Å². The van der Waals surface area contributed by atoms with Crippen LogP contribution in [0, 0.1) is 15.9 Å². The van der Waals surface area contributed by atoms with Gasteiger partial charge < -0.3 is 4.90 Å². The number of piperazine rings is 1. The van der Waals surface area contributed by atoms with Crippen molar-refractivity contribution in [2.24, 2.45) is 0 Å². The highest BCUT2D eigenvalue weighted by Gasteiger charge is 2.20. The molecule has 1 aliphatic heterocycles. The van der Waals surface area contributed by atoms with Gasteiger partial charge in [0.15, 0.2) is 0 Å². The lowest BCUT2D eigenvalue weighted by molar-refractivity contribution is -0.385. The van der Waals surface area contributed by atoms with Gasteiger partial charge in [0.25, 0.3) is 5.69 Å². The fraction of sp³-hybridized carbons (Fsp3) is 0.333. The second kappa shape index (κ2) is 8.63. The maximum absolute atomic E-state index is 13.0. The minimum absolute atomic E-state index is 0.122. The summed E-state index contributed by atoms with van der Waals surface area (Å²) in [5.41, 5.74) is 0.701. The lowest BCUT2D eigenvalue weighted by atomic mass is 10.2. The molecule has 1 N–H and O–H groups in total. The SMILES string of the molecule is O=[N+]([O-])c1cccc(S(=O)(=O)NCCN2CCN(c3ccc(F)cc3)CC2)c1. The van der Waals surface area contributed by atoms with E-state index in [9.17, 15) is 22.9 Å². The smallest absolute Gasteiger partial charge is 0.270 e. The number of hydrogen-bond donors (Lipinski definition) is 1. The molecule has 0 atom stereocenters. The number of non-ortho nitro benzene ring substituents is 1. The van der Waals surface area contributed by atoms with Gasteiger partial charge >= 0.3 is 0 Å². The van der Waals surface area contributed by atoms with Gasteiger partial charge in [0.1, 0.15) is 5.82 Å². The normalized spacial score (nSPS) is 15.5. The monoisotopic (exact) mass is 408 g/mol. The number of nitro groups is 1. The molecule has 2 aromatic carbocycles. The molecule has 0 radical (unpaired) electrons. The molecule has 0 amide bonds. The third kappa shape index (κ3) is 5.03. The first-order valence-electron chi connectivity index (χ1n) is 8.82. The van der Waals surface area contributed by atoms with Gasteiger partial charge in [-0.2, -0.15) is 0 Å². The van der Waals surface area contributed by atoms with Crippen LogP contribution in [0.3, 0.4) is 0 Å². The molecule has 2 aromatic rings. The first-order valence-corrected chi connectivity index (χ1v) is 10.3. The van der Waals surface area contributed by atoms with Gasteiger partial charge in [-0.15, -0.1) is 0 Å². The Bertz CT molecular complexity index is 929. The first-order chi connectivity index (χ1) is 13.3. The van der Waals surface area contributed by atoms with Crippen LogP contribution < -0.4 is 9.62 Å². The Labute approximate surface area is 162 Å². The average Bonchev–Trinajstić information content (AvgIpc) is 2.69. The molecular formula is C18H21FN4O4S. The number of benzene rings is 2. The fourth-order valence-corrected chi connectivity index (χ4v) is 4.13. The van der Waals surface area contributed by atoms with E-state index in [1.807, 2.05) is 0 Å². The number of halogens is 1. The standard InChI is InChI=1S/C18H21FN4O4S/c19-15-4-6-16(7-5-15)22-12-10-21(11-13-22)9-8-20-28(26,27)18-3-1-2-17(14-18)23(24)25/h1-7,14,20H,8-13H2. The van der Waals surface area contributed by atoms with Crippen molar-refractivity contribution >= 4 is 21.4 Å². The van der Waals surface area contributed by atoms with E-state index in [0.717, 1.165) is 37.9 Å². The quantitative estimate of drug-likeness (QED) is 0.555. The highest BCUT2D eigenvalue weighted by atomic mass is 32.2. The van der Waals surface area contributed by atoms with E-state index in [-0.39, 0.29) is 22.9 Å². The van der Waals surface area contributed by atoms with E-state index in [2.05, 4.69) is 14.5 Å². The second-order valence-electron chi connectivity index (χ2n) is 6.46. The van der Waals surface area contributed by atoms with Crippen molar-refractivity contribution in [2.75, 3.05) is 44.2 Å². The number of anilines is 1. The zero-order chi connectivity index (χ0) is 20.1. The van der Waals surface area contributed by atoms with Gasteiger partial charge in [-0.25, -0.2) is 17.5 Å². The van der Waals surface area contributed by atoms with Gasteiger partial charge in [0, 0.05) is 57.1 Å². The molecule has 0 bridgehead atoms. The predicted octanol–water partition coefficient (Wildman–Crippen LogP) is 1.83. The topological polar surface area (TPSA) is 95.8 Å². The van der Waals surface area contributed by atoms with E-state index >= 15 is 0 Å². The first kappa shape index (κ1) is 20.2. The second-order valence-corrected chi connectivity index (χ2v) is 8.22. The Morgan fingerprint density at radius 1 is 1.07 bits per heavy atom. The Morgan fingerprint density at radius 2 is 1.75 bits per heavy atom. The number of nitrogens with zero attached hydrogens (tertiary/aromatic N) is 3. The van der Waals surface area contributed by atoms with Crippen molar-refractivity contribution in [3.63, 3.8) is 0 Å². The molecule has 1 heterocycles. The maximum atomic E-state index is 13.0. The van der Waals surface area contributed by atoms with Crippen LogP contribution in [-0.2, 0) is 10.0 Å². The van der Waals surface area contributed by atoms with Gasteiger partial charge in [0.05, 0.1) is 9.82 Å². The summed E-state index contributed by atoms with van der Waals surface area (Å²) in [6.07, 6.45) is 0. The summed E-state index contributed by atoms with van der Waals surface area (Å²) < 4.78 is 40.2. The van der Waals surface area contributed by atoms with Gasteiger partial charge in [-0.05, 0) is 30.3 Å². The summed E-state index contributed by atoms with van der Waals surface area (Å²) in [5.74, 6) is -0.265. The van der Waals surface area contributed by atoms with Crippen molar-refractivity contribution in [3.8, 4) is 0 Å². The number of nitrogens with one attached hydrogen (secondary N) is 1. The zero-order valence-electron chi connectivity index (χ0n) is 15.1. The lowest BCUT2D eigenvalue weighted by Crippen LogP contribution is -2.48. The minimum atomic E-state index is -3.80. The van der Waals surface area contributed by atoms with Crippen molar-refractivity contribution in [1.29, 1.82) is 0 Å². The zero-order valence-corrected chi connectivity index (χ0v) is 15.9. The lowest BCUT2D eigenvalue weighted by Gasteiger charge is -2.36. The van der Waals surface area contributed by atoms with Crippen LogP contribution in [-0.4, -0.2) is 57.5 Å². The number of sulfonamides is 1. The number of hydrogen-bond acceptors (Lipinski definition) is 6. The molecule has 0 aromatic heterocycles. The molecule has 10 heteroatoms. The maximum Gasteiger partial charge on any atom is 0.270 e. The Morgan fingerprint density at radius 3 is 2.39 bits per heavy atom. The molecule has 0 spiro atoms. The van der Waals surface area contributed by atoms with Crippen molar-refractivity contribution in [2.45, 2.75) is 4.90 Å². The van der Waals surface area contributed by atoms with E-state index in [1.165, 1.54) is 30.3 Å². The van der Waals surface area contributed by atoms with Crippen LogP contribution in [0.2, 0.25) is 0 Å². The molecular weight excluding hydrogens is 387 g/mol. The molecule has 0 saturated carbocycles. The minimum Gasteiger partial charge on any atom is -0.369 e. The van der Waals surface area contributed by atoms with Crippen molar-refractivity contribution < 1.29 is 17.7 Å². The molecule has 0 unspecified atom stereocenters. The highest BCUT2D eigenvalue weighted by molar-refractivity contribution is 7.89. The van der Waals surface area contributed by atoms with E-state index < -0.39 is 14.9 Å². The molecule has 28 heavy (non-hydrogen) atoms. The average molecular weight is 408 g/mol. The third-order valence-corrected chi connectivity index (χ3v) is 6.08. The molecule has 1 saturated heterocycles. The summed E-state index contributed by atoms with van der Waals surface area (Å²) >= 11 is 0. The largest absolute Gasteiger partial charge is 0.369 e. The van der Waals surface area contributed by atoms with Crippen LogP contribution in [0.4, 0.5) is 15.8 Å². The van der Waals surface area contributed by atoms with Crippen molar-refractivity contribution in [1.82, 2.24) is 9.62 Å². The third-order valence-electron chi connectivity index (χ3n) is 4.62. The summed E-state index contributed by atoms with van der Waals surface area (Å²) in [4.78, 5) is 14.4. The molecule has 1 fully saturated rings. The van der Waals surface area contributed by atoms with E-state index in [4.69, 9.17) is 0 Å². The van der Waals surface area contributed by atoms with E-state index in [0.29, 0.717) is 6.54 Å². The van der Waals surface area contributed by atoms with Gasteiger partial charge in [0.2, 0.25) is 10.0 Å². The van der Waals surface area contributed by atoms with Crippen LogP contribution in [0.25, 0.3) is 0 Å². The Hall–Kier alpha value is -2.56. The van der Waals surface area contributed by atoms with Crippen LogP contribution in [0.15, 0.2) is 53.4 Å². The number of nitro benzene ring substituents is 1. The molecule has 8 nitrogen and oxygen atoms in total. The van der Waals surface area contributed by atoms with Gasteiger partial charge in [-0.1, -0.05) is 6.07 Å². The summed E-state index contributed by atoms with van der Waals surface area (Å²) in [6.45, 7) is 3.80. The Kier molecular flexibility index (Phi) is 6.22. The summed E-state index contributed by atoms with van der Waals surface area (Å²) in [7, 11) is -3.80. The molecule has 150 valence electrons. The van der Waals surface area contributed by atoms with E-state index in [1.54, 1.807) is 12.1 Å². The molecule has 0 aliphatic carbocycles. The summed E-state index contributed by atoms with van der Waals surface area (Å²) in [5, 5.41) is 10.8. The predicted molar refractivity (Wildman–Crippen MR) is 103 cm³/mol.